The summed E-state index contributed by atoms with van der Waals surface area (Å²) in [6.07, 6.45) is 6.87. The zero-order chi connectivity index (χ0) is 17.5. The third-order valence-electron chi connectivity index (χ3n) is 5.04. The summed E-state index contributed by atoms with van der Waals surface area (Å²) < 4.78 is 4.84. The normalized spacial score (nSPS) is 11.9. The van der Waals surface area contributed by atoms with E-state index in [-0.39, 0.29) is 0 Å². The van der Waals surface area contributed by atoms with E-state index in [0.29, 0.717) is 0 Å². The first-order valence-electron chi connectivity index (χ1n) is 10.5. The average Bonchev–Trinajstić information content (AvgIpc) is 2.52. The zero-order valence-electron chi connectivity index (χ0n) is 17.2. The van der Waals surface area contributed by atoms with Gasteiger partial charge in [0, 0.05) is 0 Å². The van der Waals surface area contributed by atoms with Gasteiger partial charge in [-0.15, -0.1) is 0 Å². The van der Waals surface area contributed by atoms with Crippen LogP contribution in [0.15, 0.2) is 0 Å². The Labute approximate surface area is 155 Å². The van der Waals surface area contributed by atoms with E-state index in [1.165, 1.54) is 64.8 Å². The molecule has 23 heavy (non-hydrogen) atoms. The molecule has 0 aromatic rings. The van der Waals surface area contributed by atoms with E-state index in [9.17, 15) is 0 Å². The van der Waals surface area contributed by atoms with Gasteiger partial charge in [0.05, 0.1) is 0 Å². The first kappa shape index (κ1) is 23.8. The van der Waals surface area contributed by atoms with Crippen molar-refractivity contribution in [3.05, 3.63) is 0 Å². The van der Waals surface area contributed by atoms with Crippen molar-refractivity contribution in [2.45, 2.75) is 92.2 Å². The first-order chi connectivity index (χ1) is 11.1. The van der Waals surface area contributed by atoms with Crippen molar-refractivity contribution in [1.82, 2.24) is 9.80 Å². The molecule has 0 radical (unpaired) electrons. The second-order valence-corrected chi connectivity index (χ2v) is 18.1. The predicted octanol–water partition coefficient (Wildman–Crippen LogP) is 5.52. The molecule has 2 nitrogen and oxygen atoms in total. The SMILES string of the molecule is CCCN(CCC)CC[CH2][In]([CH2]C)[CH2]CCN(CCC)C(C)C. The summed E-state index contributed by atoms with van der Waals surface area (Å²) in [5.74, 6) is 0. The Morgan fingerprint density at radius 1 is 0.696 bits per heavy atom. The Morgan fingerprint density at radius 3 is 1.65 bits per heavy atom. The Morgan fingerprint density at radius 2 is 1.22 bits per heavy atom. The molecule has 0 aliphatic carbocycles. The van der Waals surface area contributed by atoms with Crippen LogP contribution in [0.5, 0.6) is 0 Å². The Balaban J connectivity index is 3.96. The van der Waals surface area contributed by atoms with Crippen molar-refractivity contribution in [2.75, 3.05) is 32.7 Å². The molecule has 0 saturated carbocycles. The molecule has 0 spiro atoms. The van der Waals surface area contributed by atoms with Gasteiger partial charge in [0.25, 0.3) is 0 Å². The molecule has 0 aromatic carbocycles. The van der Waals surface area contributed by atoms with Gasteiger partial charge in [0.2, 0.25) is 0 Å². The molecule has 0 amide bonds. The second kappa shape index (κ2) is 16.3. The molecular weight excluding hydrogens is 383 g/mol. The topological polar surface area (TPSA) is 6.48 Å². The standard InChI is InChI=1S/2C9H20N.C2H5.In/c1-5-7-10(8-6-2)9(3)4;1-4-7-10(8-5-2)9-6-3;1-2;/h9H,1,5-8H2,2-4H3;1,4-9H2,2-3H3;1H2,2H3;. The third kappa shape index (κ3) is 12.8. The van der Waals surface area contributed by atoms with Crippen molar-refractivity contribution >= 4 is 21.4 Å². The van der Waals surface area contributed by atoms with Crippen molar-refractivity contribution in [2.24, 2.45) is 0 Å². The molecule has 0 rings (SSSR count). The van der Waals surface area contributed by atoms with E-state index in [2.05, 4.69) is 51.3 Å². The third-order valence-corrected chi connectivity index (χ3v) is 15.3. The van der Waals surface area contributed by atoms with Gasteiger partial charge in [-0.1, -0.05) is 0 Å². The van der Waals surface area contributed by atoms with E-state index in [1.54, 1.807) is 12.5 Å². The molecule has 0 N–H and O–H groups in total. The Hall–Kier alpha value is 0.790. The van der Waals surface area contributed by atoms with Crippen molar-refractivity contribution in [1.29, 1.82) is 0 Å². The summed E-state index contributed by atoms with van der Waals surface area (Å²) >= 11 is -1.20. The van der Waals surface area contributed by atoms with E-state index >= 15 is 0 Å². The number of hydrogen-bond donors (Lipinski definition) is 0. The summed E-state index contributed by atoms with van der Waals surface area (Å²) in [6.45, 7) is 20.7. The molecule has 138 valence electrons. The molecule has 0 heterocycles. The summed E-state index contributed by atoms with van der Waals surface area (Å²) in [5, 5.41) is 0. The summed E-state index contributed by atoms with van der Waals surface area (Å²) in [4.78, 5) is 5.38. The minimum absolute atomic E-state index is 0.724. The fraction of sp³-hybridized carbons (Fsp3) is 1.00. The molecule has 0 aromatic heterocycles. The number of nitrogens with zero attached hydrogens (tertiary/aromatic N) is 2. The maximum absolute atomic E-state index is 2.69. The van der Waals surface area contributed by atoms with Gasteiger partial charge >= 0.3 is 156 Å². The van der Waals surface area contributed by atoms with Crippen LogP contribution in [-0.2, 0) is 0 Å². The molecule has 0 unspecified atom stereocenters. The van der Waals surface area contributed by atoms with Crippen LogP contribution in [-0.4, -0.2) is 70.0 Å². The van der Waals surface area contributed by atoms with Crippen LogP contribution in [0.2, 0.25) is 12.5 Å². The second-order valence-electron chi connectivity index (χ2n) is 7.53. The van der Waals surface area contributed by atoms with Crippen LogP contribution in [0.25, 0.3) is 0 Å². The van der Waals surface area contributed by atoms with Gasteiger partial charge in [-0.3, -0.25) is 0 Å². The van der Waals surface area contributed by atoms with E-state index in [0.717, 1.165) is 6.04 Å². The molecule has 0 aliphatic rings. The average molecular weight is 428 g/mol. The summed E-state index contributed by atoms with van der Waals surface area (Å²) in [6, 6.07) is 0.724. The van der Waals surface area contributed by atoms with Crippen LogP contribution in [0.4, 0.5) is 0 Å². The van der Waals surface area contributed by atoms with Gasteiger partial charge in [-0.25, -0.2) is 0 Å². The monoisotopic (exact) mass is 428 g/mol. The van der Waals surface area contributed by atoms with Gasteiger partial charge in [0.15, 0.2) is 0 Å². The van der Waals surface area contributed by atoms with Gasteiger partial charge in [-0.2, -0.15) is 0 Å². The molecule has 0 aliphatic heterocycles. The van der Waals surface area contributed by atoms with Crippen molar-refractivity contribution in [3.63, 3.8) is 0 Å². The van der Waals surface area contributed by atoms with Gasteiger partial charge in [0.1, 0.15) is 0 Å². The maximum atomic E-state index is 2.69. The summed E-state index contributed by atoms with van der Waals surface area (Å²) in [5.41, 5.74) is 0. The van der Waals surface area contributed by atoms with Crippen molar-refractivity contribution < 1.29 is 0 Å². The van der Waals surface area contributed by atoms with E-state index < -0.39 is 21.4 Å². The van der Waals surface area contributed by atoms with E-state index in [1.807, 2.05) is 0 Å². The fourth-order valence-electron chi connectivity index (χ4n) is 3.62. The molecule has 0 bridgehead atoms. The van der Waals surface area contributed by atoms with Crippen molar-refractivity contribution in [3.8, 4) is 0 Å². The van der Waals surface area contributed by atoms with Crippen LogP contribution in [0.3, 0.4) is 0 Å². The summed E-state index contributed by atoms with van der Waals surface area (Å²) in [7, 11) is 0. The van der Waals surface area contributed by atoms with Gasteiger partial charge < -0.3 is 0 Å². The molecule has 0 saturated heterocycles. The van der Waals surface area contributed by atoms with Gasteiger partial charge in [-0.05, 0) is 0 Å². The quantitative estimate of drug-likeness (QED) is 0.319. The zero-order valence-corrected chi connectivity index (χ0v) is 20.5. The van der Waals surface area contributed by atoms with Crippen LogP contribution in [0.1, 0.15) is 73.6 Å². The number of hydrogen-bond acceptors (Lipinski definition) is 2. The molecule has 3 heteroatoms. The molecule has 0 fully saturated rings. The van der Waals surface area contributed by atoms with E-state index in [4.69, 9.17) is 0 Å². The molecule has 0 atom stereocenters. The fourth-order valence-corrected chi connectivity index (χ4v) is 11.1. The predicted molar refractivity (Wildman–Crippen MR) is 109 cm³/mol. The van der Waals surface area contributed by atoms with Crippen LogP contribution in [0, 0.1) is 0 Å². The van der Waals surface area contributed by atoms with Crippen LogP contribution >= 0.6 is 0 Å². The first-order valence-corrected chi connectivity index (χ1v) is 17.5. The Kier molecular flexibility index (Phi) is 16.8. The Bertz CT molecular complexity index is 240. The minimum atomic E-state index is -1.20. The number of rotatable bonds is 16. The van der Waals surface area contributed by atoms with Crippen LogP contribution < -0.4 is 0 Å². The molecular formula is C20H45InN2.